The van der Waals surface area contributed by atoms with E-state index in [4.69, 9.17) is 4.74 Å². The van der Waals surface area contributed by atoms with Gasteiger partial charge >= 0.3 is 0 Å². The second kappa shape index (κ2) is 6.18. The van der Waals surface area contributed by atoms with Crippen molar-refractivity contribution in [2.75, 3.05) is 7.11 Å². The molecule has 1 fully saturated rings. The number of nitrogens with zero attached hydrogens (tertiary/aromatic N) is 1. The first-order valence-corrected chi connectivity index (χ1v) is 9.86. The van der Waals surface area contributed by atoms with Crippen molar-refractivity contribution in [2.24, 2.45) is 0 Å². The summed E-state index contributed by atoms with van der Waals surface area (Å²) in [6, 6.07) is 3.04. The summed E-state index contributed by atoms with van der Waals surface area (Å²) in [4.78, 5) is 17.1. The molecule has 8 heteroatoms. The van der Waals surface area contributed by atoms with Gasteiger partial charge in [0, 0.05) is 5.92 Å². The molecule has 0 saturated heterocycles. The predicted octanol–water partition coefficient (Wildman–Crippen LogP) is 2.76. The van der Waals surface area contributed by atoms with E-state index in [1.165, 1.54) is 24.5 Å². The molecule has 1 saturated carbocycles. The average Bonchev–Trinajstić information content (AvgIpc) is 3.25. The van der Waals surface area contributed by atoms with Gasteiger partial charge in [-0.3, -0.25) is 4.79 Å². The van der Waals surface area contributed by atoms with Crippen LogP contribution < -0.4 is 9.46 Å². The lowest BCUT2D eigenvalue weighted by atomic mass is 10.1. The third kappa shape index (κ3) is 3.03. The van der Waals surface area contributed by atoms with Gasteiger partial charge in [-0.1, -0.05) is 0 Å². The largest absolute Gasteiger partial charge is 0.496 e. The van der Waals surface area contributed by atoms with Crippen LogP contribution in [0.4, 0.5) is 0 Å². The number of ether oxygens (including phenoxy) is 1. The molecule has 2 aromatic rings. The average molecular weight is 366 g/mol. The molecule has 1 aliphatic rings. The van der Waals surface area contributed by atoms with Crippen LogP contribution in [0.1, 0.15) is 45.3 Å². The number of hydrogen-bond acceptors (Lipinski definition) is 6. The SMILES string of the molecule is COc1ccc(S(=O)(=O)NC(=O)c2scnc2C2CC2)c(C)c1C. The van der Waals surface area contributed by atoms with E-state index in [1.807, 2.05) is 0 Å². The van der Waals surface area contributed by atoms with E-state index in [0.29, 0.717) is 21.9 Å². The van der Waals surface area contributed by atoms with Crippen molar-refractivity contribution in [3.63, 3.8) is 0 Å². The molecule has 24 heavy (non-hydrogen) atoms. The Morgan fingerprint density at radius 1 is 1.29 bits per heavy atom. The summed E-state index contributed by atoms with van der Waals surface area (Å²) in [7, 11) is -2.43. The number of carbonyl (C=O) groups is 1. The summed E-state index contributed by atoms with van der Waals surface area (Å²) in [5.74, 6) is 0.271. The molecule has 128 valence electrons. The lowest BCUT2D eigenvalue weighted by Gasteiger charge is -2.13. The molecule has 0 aliphatic heterocycles. The molecule has 1 aromatic carbocycles. The van der Waals surface area contributed by atoms with E-state index < -0.39 is 15.9 Å². The Morgan fingerprint density at radius 3 is 2.62 bits per heavy atom. The maximum atomic E-state index is 12.6. The minimum atomic E-state index is -3.96. The van der Waals surface area contributed by atoms with Gasteiger partial charge in [0.2, 0.25) is 0 Å². The van der Waals surface area contributed by atoms with Gasteiger partial charge in [-0.05, 0) is 49.9 Å². The van der Waals surface area contributed by atoms with E-state index >= 15 is 0 Å². The summed E-state index contributed by atoms with van der Waals surface area (Å²) >= 11 is 1.17. The smallest absolute Gasteiger partial charge is 0.277 e. The van der Waals surface area contributed by atoms with Crippen molar-refractivity contribution in [3.8, 4) is 5.75 Å². The van der Waals surface area contributed by atoms with Crippen molar-refractivity contribution in [3.05, 3.63) is 39.3 Å². The Hall–Kier alpha value is -1.93. The van der Waals surface area contributed by atoms with Gasteiger partial charge in [0.1, 0.15) is 10.6 Å². The van der Waals surface area contributed by atoms with Gasteiger partial charge in [0.15, 0.2) is 0 Å². The number of nitrogens with one attached hydrogen (secondary N) is 1. The molecular weight excluding hydrogens is 348 g/mol. The number of amides is 1. The summed E-state index contributed by atoms with van der Waals surface area (Å²) in [6.07, 6.45) is 1.99. The molecule has 0 bridgehead atoms. The van der Waals surface area contributed by atoms with Crippen molar-refractivity contribution in [2.45, 2.75) is 37.5 Å². The Labute approximate surface area is 144 Å². The summed E-state index contributed by atoms with van der Waals surface area (Å²) < 4.78 is 32.6. The monoisotopic (exact) mass is 366 g/mol. The van der Waals surface area contributed by atoms with Crippen molar-refractivity contribution in [1.82, 2.24) is 9.71 Å². The standard InChI is InChI=1S/C16H18N2O4S2/c1-9-10(2)13(7-6-12(9)22-3)24(20,21)18-16(19)15-14(11-4-5-11)17-8-23-15/h6-8,11H,4-5H2,1-3H3,(H,18,19). The Kier molecular flexibility index (Phi) is 4.35. The summed E-state index contributed by atoms with van der Waals surface area (Å²) in [6.45, 7) is 3.47. The van der Waals surface area contributed by atoms with Gasteiger partial charge < -0.3 is 4.74 Å². The zero-order chi connectivity index (χ0) is 17.5. The fourth-order valence-corrected chi connectivity index (χ4v) is 4.67. The van der Waals surface area contributed by atoms with Crippen molar-refractivity contribution >= 4 is 27.3 Å². The fraction of sp³-hybridized carbons (Fsp3) is 0.375. The Bertz CT molecular complexity index is 899. The maximum Gasteiger partial charge on any atom is 0.277 e. The van der Waals surface area contributed by atoms with Crippen molar-refractivity contribution in [1.29, 1.82) is 0 Å². The van der Waals surface area contributed by atoms with Gasteiger partial charge in [-0.15, -0.1) is 11.3 Å². The first kappa shape index (κ1) is 16.9. The zero-order valence-corrected chi connectivity index (χ0v) is 15.3. The third-order valence-corrected chi connectivity index (χ3v) is 6.51. The minimum Gasteiger partial charge on any atom is -0.496 e. The molecule has 0 atom stereocenters. The van der Waals surface area contributed by atoms with E-state index in [9.17, 15) is 13.2 Å². The van der Waals surface area contributed by atoms with Crippen LogP contribution in [0.25, 0.3) is 0 Å². The van der Waals surface area contributed by atoms with Gasteiger partial charge in [0.05, 0.1) is 23.2 Å². The van der Waals surface area contributed by atoms with Gasteiger partial charge in [0.25, 0.3) is 15.9 Å². The van der Waals surface area contributed by atoms with Crippen LogP contribution in [0, 0.1) is 13.8 Å². The predicted molar refractivity (Wildman–Crippen MR) is 91.2 cm³/mol. The molecule has 1 aliphatic carbocycles. The third-order valence-electron chi connectivity index (χ3n) is 4.19. The summed E-state index contributed by atoms with van der Waals surface area (Å²) in [5, 5.41) is 0. The van der Waals surface area contributed by atoms with E-state index in [-0.39, 0.29) is 10.8 Å². The lowest BCUT2D eigenvalue weighted by molar-refractivity contribution is 0.0984. The molecule has 6 nitrogen and oxygen atoms in total. The topological polar surface area (TPSA) is 85.4 Å². The number of methoxy groups -OCH3 is 1. The molecule has 1 N–H and O–H groups in total. The van der Waals surface area contributed by atoms with Crippen LogP contribution in [0.5, 0.6) is 5.75 Å². The molecule has 0 unspecified atom stereocenters. The molecule has 1 amide bonds. The summed E-state index contributed by atoms with van der Waals surface area (Å²) in [5.41, 5.74) is 3.57. The Balaban J connectivity index is 1.90. The maximum absolute atomic E-state index is 12.6. The molecule has 3 rings (SSSR count). The second-order valence-electron chi connectivity index (χ2n) is 5.79. The van der Waals surface area contributed by atoms with E-state index in [2.05, 4.69) is 9.71 Å². The number of thiazole rings is 1. The number of benzene rings is 1. The highest BCUT2D eigenvalue weighted by atomic mass is 32.2. The Morgan fingerprint density at radius 2 is 2.00 bits per heavy atom. The number of hydrogen-bond donors (Lipinski definition) is 1. The number of sulfonamides is 1. The van der Waals surface area contributed by atoms with Crippen LogP contribution >= 0.6 is 11.3 Å². The molecular formula is C16H18N2O4S2. The first-order chi connectivity index (χ1) is 11.3. The second-order valence-corrected chi connectivity index (χ2v) is 8.30. The number of rotatable bonds is 5. The normalized spacial score (nSPS) is 14.5. The highest BCUT2D eigenvalue weighted by Gasteiger charge is 2.32. The lowest BCUT2D eigenvalue weighted by Crippen LogP contribution is -2.31. The fourth-order valence-electron chi connectivity index (χ4n) is 2.58. The van der Waals surface area contributed by atoms with Crippen LogP contribution in [0.3, 0.4) is 0 Å². The molecule has 0 radical (unpaired) electrons. The van der Waals surface area contributed by atoms with Crippen LogP contribution in [0.2, 0.25) is 0 Å². The van der Waals surface area contributed by atoms with E-state index in [0.717, 1.165) is 18.4 Å². The van der Waals surface area contributed by atoms with Crippen LogP contribution in [-0.2, 0) is 10.0 Å². The van der Waals surface area contributed by atoms with Gasteiger partial charge in [-0.2, -0.15) is 0 Å². The first-order valence-electron chi connectivity index (χ1n) is 7.50. The molecule has 0 spiro atoms. The number of carbonyl (C=O) groups excluding carboxylic acids is 1. The van der Waals surface area contributed by atoms with E-state index in [1.54, 1.807) is 25.4 Å². The molecule has 1 heterocycles. The zero-order valence-electron chi connectivity index (χ0n) is 13.6. The molecule has 1 aromatic heterocycles. The quantitative estimate of drug-likeness (QED) is 0.879. The highest BCUT2D eigenvalue weighted by molar-refractivity contribution is 7.90. The van der Waals surface area contributed by atoms with Crippen LogP contribution in [0.15, 0.2) is 22.5 Å². The van der Waals surface area contributed by atoms with Gasteiger partial charge in [-0.25, -0.2) is 18.1 Å². The van der Waals surface area contributed by atoms with Crippen LogP contribution in [-0.4, -0.2) is 26.4 Å². The number of aromatic nitrogens is 1. The minimum absolute atomic E-state index is 0.0756. The van der Waals surface area contributed by atoms with Crippen molar-refractivity contribution < 1.29 is 17.9 Å². The highest BCUT2D eigenvalue weighted by Crippen LogP contribution is 2.41.